The third kappa shape index (κ3) is 6.01. The Kier molecular flexibility index (Phi) is 9.69. The first-order valence-corrected chi connectivity index (χ1v) is 11.2. The smallest absolute Gasteiger partial charge is 0.373 e. The van der Waals surface area contributed by atoms with Crippen molar-refractivity contribution in [3.05, 3.63) is 12.2 Å². The zero-order valence-corrected chi connectivity index (χ0v) is 18.6. The highest BCUT2D eigenvalue weighted by molar-refractivity contribution is 5.66. The molecule has 0 radical (unpaired) electrons. The molecular weight excluding hydrogens is 388 g/mol. The minimum absolute atomic E-state index is 0.00191. The lowest BCUT2D eigenvalue weighted by molar-refractivity contribution is -0.214. The SMILES string of the molecule is CC=CCC[C@@H]1O[C@@H]([C@@H](CC)OC(C)=O)C2OC3(CCCCC3)O[C@H]2[C@H]1C.O=C=O. The van der Waals surface area contributed by atoms with E-state index in [0.29, 0.717) is 6.42 Å². The standard InChI is InChI=1S/C22H36O5.CO2/c1-5-7-9-12-18-15(3)19-21(20(25-18)17(6-2)24-16(4)23)27-22(26-19)13-10-8-11-14-22;2-1-3/h5,7,15,17-21H,6,8-14H2,1-4H3;/t15-,17+,18-,19-,20-,21?;/m0./s1. The van der Waals surface area contributed by atoms with Gasteiger partial charge in [0, 0.05) is 25.7 Å². The molecule has 0 bridgehead atoms. The fourth-order valence-electron chi connectivity index (χ4n) is 4.91. The Labute approximate surface area is 179 Å². The van der Waals surface area contributed by atoms with E-state index >= 15 is 0 Å². The van der Waals surface area contributed by atoms with Gasteiger partial charge in [-0.25, -0.2) is 0 Å². The number of ether oxygens (including phenoxy) is 4. The van der Waals surface area contributed by atoms with Gasteiger partial charge in [0.05, 0.1) is 12.2 Å². The van der Waals surface area contributed by atoms with Crippen molar-refractivity contribution in [1.29, 1.82) is 0 Å². The summed E-state index contributed by atoms with van der Waals surface area (Å²) < 4.78 is 25.3. The van der Waals surface area contributed by atoms with Gasteiger partial charge in [0.2, 0.25) is 0 Å². The van der Waals surface area contributed by atoms with E-state index in [1.807, 2.05) is 13.8 Å². The van der Waals surface area contributed by atoms with Gasteiger partial charge >= 0.3 is 12.1 Å². The highest BCUT2D eigenvalue weighted by Gasteiger charge is 2.58. The number of carbonyl (C=O) groups is 1. The normalized spacial score (nSPS) is 33.3. The van der Waals surface area contributed by atoms with Crippen molar-refractivity contribution >= 4 is 12.1 Å². The van der Waals surface area contributed by atoms with Crippen LogP contribution in [-0.4, -0.2) is 48.4 Å². The number of carbonyl (C=O) groups excluding carboxylic acids is 3. The number of allylic oxidation sites excluding steroid dienone is 2. The van der Waals surface area contributed by atoms with Crippen LogP contribution in [0.2, 0.25) is 0 Å². The van der Waals surface area contributed by atoms with Crippen LogP contribution in [0.15, 0.2) is 12.2 Å². The number of esters is 1. The first-order chi connectivity index (χ1) is 14.4. The Balaban J connectivity index is 0.00000101. The number of fused-ring (bicyclic) bond motifs is 1. The maximum Gasteiger partial charge on any atom is 0.373 e. The predicted octanol–water partition coefficient (Wildman–Crippen LogP) is 3.95. The molecule has 3 fully saturated rings. The zero-order valence-electron chi connectivity index (χ0n) is 18.6. The van der Waals surface area contributed by atoms with Crippen LogP contribution in [0.25, 0.3) is 0 Å². The summed E-state index contributed by atoms with van der Waals surface area (Å²) in [5, 5.41) is 0. The maximum absolute atomic E-state index is 11.6. The Bertz CT molecular complexity index is 605. The highest BCUT2D eigenvalue weighted by atomic mass is 16.8. The molecule has 0 aromatic rings. The maximum atomic E-state index is 11.6. The van der Waals surface area contributed by atoms with E-state index in [0.717, 1.165) is 38.5 Å². The third-order valence-electron chi connectivity index (χ3n) is 6.34. The van der Waals surface area contributed by atoms with Crippen LogP contribution < -0.4 is 0 Å². The Morgan fingerprint density at radius 3 is 2.40 bits per heavy atom. The van der Waals surface area contributed by atoms with E-state index in [1.165, 1.54) is 13.3 Å². The van der Waals surface area contributed by atoms with Gasteiger partial charge in [-0.05, 0) is 39.0 Å². The van der Waals surface area contributed by atoms with Crippen molar-refractivity contribution in [2.24, 2.45) is 5.92 Å². The van der Waals surface area contributed by atoms with E-state index in [-0.39, 0.29) is 48.6 Å². The molecule has 2 heterocycles. The lowest BCUT2D eigenvalue weighted by atomic mass is 9.84. The van der Waals surface area contributed by atoms with E-state index in [1.54, 1.807) is 0 Å². The molecule has 7 heteroatoms. The summed E-state index contributed by atoms with van der Waals surface area (Å²) in [4.78, 5) is 27.9. The van der Waals surface area contributed by atoms with Crippen molar-refractivity contribution in [2.45, 2.75) is 115 Å². The third-order valence-corrected chi connectivity index (χ3v) is 6.34. The van der Waals surface area contributed by atoms with Crippen LogP contribution in [0, 0.1) is 5.92 Å². The van der Waals surface area contributed by atoms with E-state index in [2.05, 4.69) is 19.1 Å². The van der Waals surface area contributed by atoms with Gasteiger partial charge in [0.15, 0.2) is 5.79 Å². The monoisotopic (exact) mass is 424 g/mol. The summed E-state index contributed by atoms with van der Waals surface area (Å²) in [5.74, 6) is -0.471. The summed E-state index contributed by atoms with van der Waals surface area (Å²) >= 11 is 0. The van der Waals surface area contributed by atoms with Crippen LogP contribution in [0.4, 0.5) is 0 Å². The van der Waals surface area contributed by atoms with E-state index in [9.17, 15) is 4.79 Å². The Morgan fingerprint density at radius 2 is 1.83 bits per heavy atom. The highest BCUT2D eigenvalue weighted by Crippen LogP contribution is 2.47. The zero-order chi connectivity index (χ0) is 22.1. The molecule has 30 heavy (non-hydrogen) atoms. The van der Waals surface area contributed by atoms with Crippen LogP contribution in [0.5, 0.6) is 0 Å². The molecule has 1 unspecified atom stereocenters. The van der Waals surface area contributed by atoms with Crippen molar-refractivity contribution < 1.29 is 33.3 Å². The summed E-state index contributed by atoms with van der Waals surface area (Å²) in [6.07, 6.45) is 11.9. The second-order valence-corrected chi connectivity index (χ2v) is 8.42. The van der Waals surface area contributed by atoms with Crippen LogP contribution >= 0.6 is 0 Å². The van der Waals surface area contributed by atoms with E-state index < -0.39 is 5.79 Å². The van der Waals surface area contributed by atoms with Gasteiger partial charge in [-0.1, -0.05) is 32.4 Å². The summed E-state index contributed by atoms with van der Waals surface area (Å²) in [6, 6.07) is 0. The molecule has 6 atom stereocenters. The lowest BCUT2D eigenvalue weighted by Crippen LogP contribution is -2.56. The molecule has 1 saturated carbocycles. The Hall–Kier alpha value is -1.53. The summed E-state index contributed by atoms with van der Waals surface area (Å²) in [5.41, 5.74) is 0. The van der Waals surface area contributed by atoms with Gasteiger partial charge in [-0.3, -0.25) is 4.79 Å². The largest absolute Gasteiger partial charge is 0.460 e. The molecule has 2 aliphatic heterocycles. The van der Waals surface area contributed by atoms with Gasteiger partial charge in [-0.2, -0.15) is 9.59 Å². The second-order valence-electron chi connectivity index (χ2n) is 8.42. The van der Waals surface area contributed by atoms with Crippen molar-refractivity contribution in [1.82, 2.24) is 0 Å². The fourth-order valence-corrected chi connectivity index (χ4v) is 4.91. The number of rotatable bonds is 6. The Morgan fingerprint density at radius 1 is 1.20 bits per heavy atom. The van der Waals surface area contributed by atoms with Crippen LogP contribution in [0.3, 0.4) is 0 Å². The van der Waals surface area contributed by atoms with E-state index in [4.69, 9.17) is 28.5 Å². The first kappa shape index (κ1) is 24.7. The molecule has 7 nitrogen and oxygen atoms in total. The molecule has 3 aliphatic rings. The van der Waals surface area contributed by atoms with Crippen LogP contribution in [-0.2, 0) is 33.3 Å². The second kappa shape index (κ2) is 11.8. The molecular formula is C23H36O7. The minimum Gasteiger partial charge on any atom is -0.460 e. The topological polar surface area (TPSA) is 88.1 Å². The average Bonchev–Trinajstić information content (AvgIpc) is 3.08. The predicted molar refractivity (Wildman–Crippen MR) is 108 cm³/mol. The molecule has 1 aliphatic carbocycles. The van der Waals surface area contributed by atoms with Crippen molar-refractivity contribution in [3.63, 3.8) is 0 Å². The first-order valence-electron chi connectivity index (χ1n) is 11.2. The van der Waals surface area contributed by atoms with Gasteiger partial charge in [0.25, 0.3) is 0 Å². The molecule has 1 spiro atoms. The van der Waals surface area contributed by atoms with Gasteiger partial charge < -0.3 is 18.9 Å². The number of hydrogen-bond acceptors (Lipinski definition) is 7. The number of hydrogen-bond donors (Lipinski definition) is 0. The molecule has 0 N–H and O–H groups in total. The summed E-state index contributed by atoms with van der Waals surface area (Å²) in [7, 11) is 0. The summed E-state index contributed by atoms with van der Waals surface area (Å²) in [6.45, 7) is 7.75. The van der Waals surface area contributed by atoms with Crippen LogP contribution in [0.1, 0.15) is 79.1 Å². The van der Waals surface area contributed by atoms with Crippen molar-refractivity contribution in [3.8, 4) is 0 Å². The average molecular weight is 425 g/mol. The molecule has 170 valence electrons. The fraction of sp³-hybridized carbons (Fsp3) is 0.826. The van der Waals surface area contributed by atoms with Gasteiger partial charge in [-0.15, -0.1) is 0 Å². The molecule has 0 aromatic heterocycles. The molecule has 0 aromatic carbocycles. The molecule has 0 amide bonds. The van der Waals surface area contributed by atoms with Crippen molar-refractivity contribution in [2.75, 3.05) is 0 Å². The van der Waals surface area contributed by atoms with Gasteiger partial charge in [0.1, 0.15) is 18.3 Å². The lowest BCUT2D eigenvalue weighted by Gasteiger charge is -2.43. The quantitative estimate of drug-likeness (QED) is 0.471. The minimum atomic E-state index is -0.462. The molecule has 3 rings (SSSR count). The molecule has 2 saturated heterocycles.